The van der Waals surface area contributed by atoms with Crippen LogP contribution in [-0.2, 0) is 0 Å². The SMILES string of the molecule is [c]1nncc(-c2ncncn2)n1. The summed E-state index contributed by atoms with van der Waals surface area (Å²) in [4.78, 5) is 15.2. The lowest BCUT2D eigenvalue weighted by Gasteiger charge is -1.92. The van der Waals surface area contributed by atoms with Gasteiger partial charge in [0.15, 0.2) is 5.82 Å². The van der Waals surface area contributed by atoms with Crippen LogP contribution >= 0.6 is 0 Å². The van der Waals surface area contributed by atoms with Gasteiger partial charge in [-0.2, -0.15) is 5.10 Å². The maximum atomic E-state index is 3.88. The van der Waals surface area contributed by atoms with E-state index in [4.69, 9.17) is 0 Å². The van der Waals surface area contributed by atoms with Gasteiger partial charge in [0, 0.05) is 0 Å². The van der Waals surface area contributed by atoms with E-state index in [0.29, 0.717) is 11.5 Å². The van der Waals surface area contributed by atoms with Crippen LogP contribution in [0, 0.1) is 6.33 Å². The highest BCUT2D eigenvalue weighted by molar-refractivity contribution is 5.44. The molecule has 2 aromatic rings. The fourth-order valence-corrected chi connectivity index (χ4v) is 0.694. The average molecular weight is 159 g/mol. The van der Waals surface area contributed by atoms with Crippen LogP contribution in [0.4, 0.5) is 0 Å². The van der Waals surface area contributed by atoms with Crippen LogP contribution < -0.4 is 0 Å². The Balaban J connectivity index is 2.46. The van der Waals surface area contributed by atoms with Crippen molar-refractivity contribution in [2.24, 2.45) is 0 Å². The fourth-order valence-electron chi connectivity index (χ4n) is 0.694. The molecule has 1 radical (unpaired) electrons. The standard InChI is InChI=1S/C6H3N6/c1-5(8-4-12-11-1)6-9-2-7-3-10-6/h1-3H. The van der Waals surface area contributed by atoms with Crippen molar-refractivity contribution in [1.29, 1.82) is 0 Å². The van der Waals surface area contributed by atoms with Gasteiger partial charge in [-0.3, -0.25) is 0 Å². The Hall–Kier alpha value is -1.98. The number of hydrogen-bond acceptors (Lipinski definition) is 6. The highest BCUT2D eigenvalue weighted by Crippen LogP contribution is 2.04. The molecular formula is C6H3N6. The molecule has 2 rings (SSSR count). The van der Waals surface area contributed by atoms with Crippen LogP contribution in [0.3, 0.4) is 0 Å². The average Bonchev–Trinajstić information content (AvgIpc) is 2.21. The molecule has 0 unspecified atom stereocenters. The second kappa shape index (κ2) is 2.95. The van der Waals surface area contributed by atoms with Crippen molar-refractivity contribution in [1.82, 2.24) is 30.1 Å². The van der Waals surface area contributed by atoms with Gasteiger partial charge in [0.1, 0.15) is 18.3 Å². The smallest absolute Gasteiger partial charge is 0.222 e. The summed E-state index contributed by atoms with van der Waals surface area (Å²) in [5.74, 6) is 0.469. The van der Waals surface area contributed by atoms with Crippen LogP contribution in [-0.4, -0.2) is 30.1 Å². The highest BCUT2D eigenvalue weighted by Gasteiger charge is 1.99. The zero-order valence-corrected chi connectivity index (χ0v) is 5.92. The Bertz CT molecular complexity index is 309. The third-order valence-electron chi connectivity index (χ3n) is 1.18. The van der Waals surface area contributed by atoms with Gasteiger partial charge in [0.25, 0.3) is 0 Å². The highest BCUT2D eigenvalue weighted by atomic mass is 15.1. The van der Waals surface area contributed by atoms with Crippen molar-refractivity contribution in [2.45, 2.75) is 0 Å². The minimum absolute atomic E-state index is 0.469. The Kier molecular flexibility index (Phi) is 1.65. The van der Waals surface area contributed by atoms with E-state index >= 15 is 0 Å². The number of nitrogens with zero attached hydrogens (tertiary/aromatic N) is 6. The molecule has 0 spiro atoms. The Morgan fingerprint density at radius 3 is 2.67 bits per heavy atom. The monoisotopic (exact) mass is 159 g/mol. The molecular weight excluding hydrogens is 156 g/mol. The second-order valence-electron chi connectivity index (χ2n) is 1.90. The van der Waals surface area contributed by atoms with Crippen LogP contribution in [0.15, 0.2) is 18.9 Å². The summed E-state index contributed by atoms with van der Waals surface area (Å²) in [7, 11) is 0. The first-order valence-electron chi connectivity index (χ1n) is 3.15. The summed E-state index contributed by atoms with van der Waals surface area (Å²) >= 11 is 0. The lowest BCUT2D eigenvalue weighted by Crippen LogP contribution is -1.93. The molecule has 2 heterocycles. The van der Waals surface area contributed by atoms with E-state index in [-0.39, 0.29) is 0 Å². The third-order valence-corrected chi connectivity index (χ3v) is 1.18. The topological polar surface area (TPSA) is 77.3 Å². The lowest BCUT2D eigenvalue weighted by molar-refractivity contribution is 0.943. The predicted molar refractivity (Wildman–Crippen MR) is 37.5 cm³/mol. The molecule has 0 saturated heterocycles. The zero-order chi connectivity index (χ0) is 8.23. The van der Waals surface area contributed by atoms with Crippen molar-refractivity contribution < 1.29 is 0 Å². The van der Waals surface area contributed by atoms with E-state index in [0.717, 1.165) is 0 Å². The van der Waals surface area contributed by atoms with Gasteiger partial charge < -0.3 is 0 Å². The Morgan fingerprint density at radius 1 is 1.17 bits per heavy atom. The normalized spacial score (nSPS) is 9.67. The maximum Gasteiger partial charge on any atom is 0.222 e. The van der Waals surface area contributed by atoms with Crippen molar-refractivity contribution >= 4 is 0 Å². The third kappa shape index (κ3) is 1.22. The summed E-state index contributed by atoms with van der Waals surface area (Å²) in [5.41, 5.74) is 0.535. The minimum Gasteiger partial charge on any atom is -0.225 e. The quantitative estimate of drug-likeness (QED) is 0.559. The molecule has 0 N–H and O–H groups in total. The van der Waals surface area contributed by atoms with E-state index < -0.39 is 0 Å². The number of aromatic nitrogens is 6. The van der Waals surface area contributed by atoms with Crippen LogP contribution in [0.1, 0.15) is 0 Å². The van der Waals surface area contributed by atoms with Crippen molar-refractivity contribution in [3.05, 3.63) is 25.2 Å². The predicted octanol–water partition coefficient (Wildman–Crippen LogP) is -0.476. The molecule has 0 saturated carbocycles. The molecule has 57 valence electrons. The number of hydrogen-bond donors (Lipinski definition) is 0. The van der Waals surface area contributed by atoms with Gasteiger partial charge in [-0.05, 0) is 0 Å². The molecule has 0 aliphatic heterocycles. The summed E-state index contributed by atoms with van der Waals surface area (Å²) in [6.07, 6.45) is 6.60. The van der Waals surface area contributed by atoms with Crippen molar-refractivity contribution in [3.8, 4) is 11.5 Å². The first-order valence-corrected chi connectivity index (χ1v) is 3.15. The molecule has 0 aliphatic rings. The van der Waals surface area contributed by atoms with Gasteiger partial charge in [0.05, 0.1) is 6.20 Å². The summed E-state index contributed by atoms with van der Waals surface area (Å²) in [5, 5.41) is 7.01. The van der Waals surface area contributed by atoms with Gasteiger partial charge in [0.2, 0.25) is 6.33 Å². The molecule has 0 bridgehead atoms. The van der Waals surface area contributed by atoms with Crippen molar-refractivity contribution in [3.63, 3.8) is 0 Å². The van der Waals surface area contributed by atoms with Crippen molar-refractivity contribution in [2.75, 3.05) is 0 Å². The summed E-state index contributed by atoms with van der Waals surface area (Å²) in [6.45, 7) is 0. The van der Waals surface area contributed by atoms with E-state index in [1.165, 1.54) is 18.9 Å². The molecule has 0 atom stereocenters. The fraction of sp³-hybridized carbons (Fsp3) is 0. The van der Waals surface area contributed by atoms with Crippen LogP contribution in [0.2, 0.25) is 0 Å². The summed E-state index contributed by atoms with van der Waals surface area (Å²) < 4.78 is 0. The second-order valence-corrected chi connectivity index (χ2v) is 1.90. The van der Waals surface area contributed by atoms with Gasteiger partial charge >= 0.3 is 0 Å². The van der Waals surface area contributed by atoms with Crippen LogP contribution in [0.5, 0.6) is 0 Å². The van der Waals surface area contributed by atoms with Gasteiger partial charge in [-0.25, -0.2) is 19.9 Å². The van der Waals surface area contributed by atoms with E-state index in [1.807, 2.05) is 0 Å². The molecule has 0 aliphatic carbocycles. The molecule has 12 heavy (non-hydrogen) atoms. The summed E-state index contributed by atoms with van der Waals surface area (Å²) in [6, 6.07) is 0. The molecule has 2 aromatic heterocycles. The Labute approximate surface area is 67.8 Å². The molecule has 0 aromatic carbocycles. The largest absolute Gasteiger partial charge is 0.225 e. The lowest BCUT2D eigenvalue weighted by atomic mass is 10.4. The van der Waals surface area contributed by atoms with E-state index in [9.17, 15) is 0 Å². The Morgan fingerprint density at radius 2 is 2.00 bits per heavy atom. The first kappa shape index (κ1) is 6.71. The molecule has 6 heteroatoms. The van der Waals surface area contributed by atoms with E-state index in [1.54, 1.807) is 0 Å². The molecule has 0 fully saturated rings. The first-order chi connectivity index (χ1) is 5.97. The molecule has 0 amide bonds. The number of rotatable bonds is 1. The van der Waals surface area contributed by atoms with Gasteiger partial charge in [-0.1, -0.05) is 0 Å². The minimum atomic E-state index is 0.469. The zero-order valence-electron chi connectivity index (χ0n) is 5.92. The molecule has 6 nitrogen and oxygen atoms in total. The maximum absolute atomic E-state index is 3.88. The van der Waals surface area contributed by atoms with E-state index in [2.05, 4.69) is 36.5 Å². The van der Waals surface area contributed by atoms with Crippen LogP contribution in [0.25, 0.3) is 11.5 Å². The van der Waals surface area contributed by atoms with Gasteiger partial charge in [-0.15, -0.1) is 5.10 Å².